The summed E-state index contributed by atoms with van der Waals surface area (Å²) in [5, 5.41) is 7.76. The number of carbonyl (C=O) groups excluding carboxylic acids is 3. The summed E-state index contributed by atoms with van der Waals surface area (Å²) < 4.78 is 0. The molecule has 1 atom stereocenters. The molecular weight excluding hydrogens is 320 g/mol. The van der Waals surface area contributed by atoms with Gasteiger partial charge in [0.2, 0.25) is 0 Å². The first kappa shape index (κ1) is 20.6. The first-order valence-electron chi connectivity index (χ1n) is 8.44. The van der Waals surface area contributed by atoms with E-state index in [1.165, 1.54) is 0 Å². The van der Waals surface area contributed by atoms with Crippen molar-refractivity contribution >= 4 is 23.5 Å². The molecule has 1 rings (SSSR count). The maximum absolute atomic E-state index is 12.2. The number of para-hydroxylation sites is 1. The summed E-state index contributed by atoms with van der Waals surface area (Å²) in [6.45, 7) is 8.47. The van der Waals surface area contributed by atoms with Crippen LogP contribution in [0.1, 0.15) is 25.0 Å². The highest BCUT2D eigenvalue weighted by molar-refractivity contribution is 5.95. The summed E-state index contributed by atoms with van der Waals surface area (Å²) in [6, 6.07) is 5.29. The molecule has 25 heavy (non-hydrogen) atoms. The number of imide groups is 1. The zero-order chi connectivity index (χ0) is 19.0. The summed E-state index contributed by atoms with van der Waals surface area (Å²) in [5.41, 5.74) is 2.79. The molecule has 1 aromatic carbocycles. The average Bonchev–Trinajstić information content (AvgIpc) is 2.48. The van der Waals surface area contributed by atoms with E-state index in [-0.39, 0.29) is 19.0 Å². The fourth-order valence-electron chi connectivity index (χ4n) is 2.32. The van der Waals surface area contributed by atoms with Crippen molar-refractivity contribution < 1.29 is 19.3 Å². The van der Waals surface area contributed by atoms with E-state index < -0.39 is 11.9 Å². The molecule has 4 N–H and O–H groups in total. The van der Waals surface area contributed by atoms with E-state index >= 15 is 0 Å². The Kier molecular flexibility index (Phi) is 8.07. The molecule has 4 amide bonds. The van der Waals surface area contributed by atoms with Crippen LogP contribution in [0.2, 0.25) is 0 Å². The van der Waals surface area contributed by atoms with Gasteiger partial charge in [-0.1, -0.05) is 32.0 Å². The second kappa shape index (κ2) is 9.78. The Hall–Kier alpha value is -2.41. The summed E-state index contributed by atoms with van der Waals surface area (Å²) in [4.78, 5) is 36.2. The topological polar surface area (TPSA) is 91.7 Å². The number of anilines is 1. The number of urea groups is 1. The molecule has 7 heteroatoms. The van der Waals surface area contributed by atoms with Gasteiger partial charge in [-0.2, -0.15) is 0 Å². The van der Waals surface area contributed by atoms with Crippen molar-refractivity contribution in [1.29, 1.82) is 0 Å². The largest absolute Gasteiger partial charge is 0.338 e. The van der Waals surface area contributed by atoms with Gasteiger partial charge in [0.15, 0.2) is 13.1 Å². The monoisotopic (exact) mass is 349 g/mol. The lowest BCUT2D eigenvalue weighted by molar-refractivity contribution is -0.862. The van der Waals surface area contributed by atoms with Gasteiger partial charge in [-0.25, -0.2) is 4.79 Å². The highest BCUT2D eigenvalue weighted by atomic mass is 16.2. The number of likely N-dealkylation sites (N-methyl/N-ethyl adjacent to an activating group) is 1. The molecule has 0 aromatic heterocycles. The Bertz CT molecular complexity index is 608. The summed E-state index contributed by atoms with van der Waals surface area (Å²) in [5.74, 6) is -0.284. The Morgan fingerprint density at radius 2 is 1.60 bits per heavy atom. The van der Waals surface area contributed by atoms with Crippen LogP contribution in [0.4, 0.5) is 10.5 Å². The lowest BCUT2D eigenvalue weighted by atomic mass is 10.1. The number of hydrogen-bond donors (Lipinski definition) is 4. The van der Waals surface area contributed by atoms with E-state index in [1.54, 1.807) is 7.05 Å². The van der Waals surface area contributed by atoms with Crippen LogP contribution in [0.3, 0.4) is 0 Å². The quantitative estimate of drug-likeness (QED) is 0.568. The van der Waals surface area contributed by atoms with E-state index in [0.29, 0.717) is 17.4 Å². The van der Waals surface area contributed by atoms with Crippen LogP contribution in [0, 0.1) is 19.8 Å². The Morgan fingerprint density at radius 3 is 2.16 bits per heavy atom. The maximum atomic E-state index is 12.2. The molecule has 1 unspecified atom stereocenters. The van der Waals surface area contributed by atoms with E-state index in [2.05, 4.69) is 16.0 Å². The molecule has 0 saturated carbocycles. The molecular formula is C18H29N4O3+. The number of aryl methyl sites for hydroxylation is 2. The normalized spacial score (nSPS) is 11.8. The Morgan fingerprint density at radius 1 is 1.04 bits per heavy atom. The number of hydrogen-bond acceptors (Lipinski definition) is 3. The van der Waals surface area contributed by atoms with Crippen molar-refractivity contribution in [1.82, 2.24) is 10.6 Å². The molecule has 138 valence electrons. The lowest BCUT2D eigenvalue weighted by Crippen LogP contribution is -3.11. The zero-order valence-electron chi connectivity index (χ0n) is 15.7. The third kappa shape index (κ3) is 7.80. The first-order valence-corrected chi connectivity index (χ1v) is 8.44. The fourth-order valence-corrected chi connectivity index (χ4v) is 2.32. The average molecular weight is 349 g/mol. The lowest BCUT2D eigenvalue weighted by Gasteiger charge is -2.15. The van der Waals surface area contributed by atoms with Crippen LogP contribution in [-0.4, -0.2) is 44.5 Å². The third-order valence-corrected chi connectivity index (χ3v) is 3.59. The number of benzene rings is 1. The van der Waals surface area contributed by atoms with E-state index in [1.807, 2.05) is 45.9 Å². The molecule has 0 heterocycles. The predicted octanol–water partition coefficient (Wildman–Crippen LogP) is 0.238. The summed E-state index contributed by atoms with van der Waals surface area (Å²) in [7, 11) is 1.73. The molecule has 7 nitrogen and oxygen atoms in total. The first-order chi connectivity index (χ1) is 11.7. The standard InChI is InChI=1S/C18H28N4O3/c1-12(2)9-19-18(25)21-16(24)11-22(5)10-15(23)20-17-13(3)7-6-8-14(17)4/h6-8,12H,9-11H2,1-5H3,(H,20,23)(H2,19,21,24,25)/p+1. The SMILES string of the molecule is Cc1cccc(C)c1NC(=O)C[NH+](C)CC(=O)NC(=O)NCC(C)C. The van der Waals surface area contributed by atoms with Crippen LogP contribution in [0.25, 0.3) is 0 Å². The van der Waals surface area contributed by atoms with Crippen molar-refractivity contribution in [3.63, 3.8) is 0 Å². The molecule has 0 radical (unpaired) electrons. The second-order valence-electron chi connectivity index (χ2n) is 6.78. The van der Waals surface area contributed by atoms with Gasteiger partial charge < -0.3 is 15.5 Å². The van der Waals surface area contributed by atoms with Gasteiger partial charge in [-0.05, 0) is 30.9 Å². The Labute approximate surface area is 149 Å². The van der Waals surface area contributed by atoms with E-state index in [0.717, 1.165) is 16.8 Å². The van der Waals surface area contributed by atoms with Gasteiger partial charge in [0.1, 0.15) is 0 Å². The van der Waals surface area contributed by atoms with Crippen LogP contribution >= 0.6 is 0 Å². The van der Waals surface area contributed by atoms with Crippen molar-refractivity contribution in [2.45, 2.75) is 27.7 Å². The van der Waals surface area contributed by atoms with Gasteiger partial charge in [-0.15, -0.1) is 0 Å². The number of quaternary nitrogens is 1. The van der Waals surface area contributed by atoms with Crippen LogP contribution in [-0.2, 0) is 9.59 Å². The molecule has 0 saturated heterocycles. The van der Waals surface area contributed by atoms with Crippen molar-refractivity contribution in [3.05, 3.63) is 29.3 Å². The number of carbonyl (C=O) groups is 3. The van der Waals surface area contributed by atoms with Crippen molar-refractivity contribution in [2.24, 2.45) is 5.92 Å². The fraction of sp³-hybridized carbons (Fsp3) is 0.500. The highest BCUT2D eigenvalue weighted by Crippen LogP contribution is 2.18. The van der Waals surface area contributed by atoms with Crippen molar-refractivity contribution in [3.8, 4) is 0 Å². The van der Waals surface area contributed by atoms with Crippen molar-refractivity contribution in [2.75, 3.05) is 32.0 Å². The van der Waals surface area contributed by atoms with Gasteiger partial charge in [0, 0.05) is 12.2 Å². The second-order valence-corrected chi connectivity index (χ2v) is 6.78. The molecule has 1 aromatic rings. The molecule has 0 aliphatic heterocycles. The van der Waals surface area contributed by atoms with Gasteiger partial charge in [0.05, 0.1) is 7.05 Å². The summed E-state index contributed by atoms with van der Waals surface area (Å²) in [6.07, 6.45) is 0. The third-order valence-electron chi connectivity index (χ3n) is 3.59. The molecule has 0 bridgehead atoms. The van der Waals surface area contributed by atoms with Gasteiger partial charge in [-0.3, -0.25) is 14.9 Å². The van der Waals surface area contributed by atoms with E-state index in [4.69, 9.17) is 0 Å². The summed E-state index contributed by atoms with van der Waals surface area (Å²) >= 11 is 0. The van der Waals surface area contributed by atoms with Gasteiger partial charge >= 0.3 is 6.03 Å². The van der Waals surface area contributed by atoms with Crippen LogP contribution < -0.4 is 20.9 Å². The Balaban J connectivity index is 2.42. The highest BCUT2D eigenvalue weighted by Gasteiger charge is 2.17. The van der Waals surface area contributed by atoms with Crippen LogP contribution in [0.15, 0.2) is 18.2 Å². The zero-order valence-corrected chi connectivity index (χ0v) is 15.7. The van der Waals surface area contributed by atoms with E-state index in [9.17, 15) is 14.4 Å². The minimum atomic E-state index is -0.508. The minimum Gasteiger partial charge on any atom is -0.338 e. The smallest absolute Gasteiger partial charge is 0.321 e. The number of amides is 4. The van der Waals surface area contributed by atoms with Crippen LogP contribution in [0.5, 0.6) is 0 Å². The minimum absolute atomic E-state index is 0.0370. The molecule has 0 fully saturated rings. The molecule has 0 aliphatic rings. The van der Waals surface area contributed by atoms with Gasteiger partial charge in [0.25, 0.3) is 11.8 Å². The molecule has 0 spiro atoms. The number of rotatable bonds is 7. The number of nitrogens with one attached hydrogen (secondary N) is 4. The molecule has 0 aliphatic carbocycles. The maximum Gasteiger partial charge on any atom is 0.321 e. The predicted molar refractivity (Wildman–Crippen MR) is 97.5 cm³/mol.